The molecule has 0 saturated carbocycles. The van der Waals surface area contributed by atoms with Crippen LogP contribution in [0, 0.1) is 0 Å². The first-order chi connectivity index (χ1) is 12.6. The van der Waals surface area contributed by atoms with E-state index in [4.69, 9.17) is 4.74 Å². The summed E-state index contributed by atoms with van der Waals surface area (Å²) in [6.07, 6.45) is 2.61. The summed E-state index contributed by atoms with van der Waals surface area (Å²) in [7, 11) is 3.30. The summed E-state index contributed by atoms with van der Waals surface area (Å²) in [5, 5.41) is 9.29. The maximum Gasteiger partial charge on any atom is 0.221 e. The van der Waals surface area contributed by atoms with Crippen LogP contribution < -0.4 is 20.7 Å². The second-order valence-corrected chi connectivity index (χ2v) is 5.64. The zero-order chi connectivity index (χ0) is 18.8. The van der Waals surface area contributed by atoms with Gasteiger partial charge in [0.1, 0.15) is 5.75 Å². The highest BCUT2D eigenvalue weighted by Crippen LogP contribution is 2.25. The number of carbonyl (C=O) groups excluding carboxylic acids is 1. The monoisotopic (exact) mass is 355 g/mol. The van der Waals surface area contributed by atoms with Gasteiger partial charge in [-0.15, -0.1) is 0 Å². The van der Waals surface area contributed by atoms with E-state index in [9.17, 15) is 4.79 Å². The molecule has 1 aromatic carbocycles. The van der Waals surface area contributed by atoms with Crippen LogP contribution in [-0.2, 0) is 17.8 Å². The standard InChI is InChI=1S/C19H25N5O2/c1-14(25)24-17-12-15(7-8-18(17)26-3)13-23-19(20-2)22-11-9-16-6-4-5-10-21-16/h4-8,10,12H,9,11,13H2,1-3H3,(H,24,25)(H2,20,22,23). The zero-order valence-electron chi connectivity index (χ0n) is 15.4. The second kappa shape index (κ2) is 10.0. The zero-order valence-corrected chi connectivity index (χ0v) is 15.4. The lowest BCUT2D eigenvalue weighted by molar-refractivity contribution is -0.114. The fourth-order valence-electron chi connectivity index (χ4n) is 2.41. The second-order valence-electron chi connectivity index (χ2n) is 5.64. The molecule has 0 saturated heterocycles. The van der Waals surface area contributed by atoms with Crippen molar-refractivity contribution in [1.29, 1.82) is 0 Å². The van der Waals surface area contributed by atoms with Crippen LogP contribution in [0.15, 0.2) is 47.6 Å². The molecular formula is C19H25N5O2. The van der Waals surface area contributed by atoms with Gasteiger partial charge in [-0.25, -0.2) is 0 Å². The Labute approximate surface area is 153 Å². The van der Waals surface area contributed by atoms with Crippen molar-refractivity contribution in [1.82, 2.24) is 15.6 Å². The number of carbonyl (C=O) groups is 1. The smallest absolute Gasteiger partial charge is 0.221 e. The van der Waals surface area contributed by atoms with Crippen molar-refractivity contribution in [2.24, 2.45) is 4.99 Å². The van der Waals surface area contributed by atoms with Crippen molar-refractivity contribution in [3.05, 3.63) is 53.9 Å². The van der Waals surface area contributed by atoms with Gasteiger partial charge in [-0.05, 0) is 29.8 Å². The normalized spacial score (nSPS) is 11.0. The number of hydrogen-bond acceptors (Lipinski definition) is 4. The fraction of sp³-hybridized carbons (Fsp3) is 0.316. The molecule has 0 aliphatic rings. The maximum absolute atomic E-state index is 11.3. The minimum Gasteiger partial charge on any atom is -0.495 e. The van der Waals surface area contributed by atoms with Crippen LogP contribution in [0.2, 0.25) is 0 Å². The first kappa shape index (κ1) is 19.2. The topological polar surface area (TPSA) is 87.6 Å². The summed E-state index contributed by atoms with van der Waals surface area (Å²) in [6, 6.07) is 11.5. The number of guanidine groups is 1. The Morgan fingerprint density at radius 2 is 2.08 bits per heavy atom. The van der Waals surface area contributed by atoms with E-state index in [0.29, 0.717) is 23.9 Å². The van der Waals surface area contributed by atoms with Gasteiger partial charge in [0.25, 0.3) is 0 Å². The molecule has 7 heteroatoms. The number of nitrogens with zero attached hydrogens (tertiary/aromatic N) is 2. The molecule has 0 spiro atoms. The van der Waals surface area contributed by atoms with E-state index < -0.39 is 0 Å². The van der Waals surface area contributed by atoms with Gasteiger partial charge in [-0.1, -0.05) is 12.1 Å². The van der Waals surface area contributed by atoms with Crippen LogP contribution in [-0.4, -0.2) is 37.6 Å². The summed E-state index contributed by atoms with van der Waals surface area (Å²) >= 11 is 0. The average Bonchev–Trinajstić information content (AvgIpc) is 2.65. The van der Waals surface area contributed by atoms with Crippen LogP contribution in [0.1, 0.15) is 18.2 Å². The number of aromatic nitrogens is 1. The highest BCUT2D eigenvalue weighted by atomic mass is 16.5. The van der Waals surface area contributed by atoms with E-state index in [1.165, 1.54) is 6.92 Å². The van der Waals surface area contributed by atoms with E-state index in [-0.39, 0.29) is 5.91 Å². The van der Waals surface area contributed by atoms with Crippen LogP contribution in [0.5, 0.6) is 5.75 Å². The van der Waals surface area contributed by atoms with Crippen LogP contribution >= 0.6 is 0 Å². The van der Waals surface area contributed by atoms with Crippen molar-refractivity contribution in [3.8, 4) is 5.75 Å². The highest BCUT2D eigenvalue weighted by Gasteiger charge is 2.07. The minimum absolute atomic E-state index is 0.139. The quantitative estimate of drug-likeness (QED) is 0.522. The maximum atomic E-state index is 11.3. The Balaban J connectivity index is 1.88. The Morgan fingerprint density at radius 3 is 2.73 bits per heavy atom. The summed E-state index contributed by atoms with van der Waals surface area (Å²) in [5.74, 6) is 1.19. The number of ether oxygens (including phenoxy) is 1. The number of methoxy groups -OCH3 is 1. The molecule has 0 atom stereocenters. The predicted octanol–water partition coefficient (Wildman–Crippen LogP) is 1.96. The lowest BCUT2D eigenvalue weighted by Gasteiger charge is -2.14. The number of benzene rings is 1. The van der Waals surface area contributed by atoms with Gasteiger partial charge in [0.05, 0.1) is 12.8 Å². The lowest BCUT2D eigenvalue weighted by Crippen LogP contribution is -2.37. The number of amides is 1. The first-order valence-electron chi connectivity index (χ1n) is 8.41. The summed E-state index contributed by atoms with van der Waals surface area (Å²) in [6.45, 7) is 2.77. The fourth-order valence-corrected chi connectivity index (χ4v) is 2.41. The van der Waals surface area contributed by atoms with E-state index in [1.807, 2.05) is 36.4 Å². The Morgan fingerprint density at radius 1 is 1.23 bits per heavy atom. The number of pyridine rings is 1. The van der Waals surface area contributed by atoms with E-state index in [0.717, 1.165) is 24.2 Å². The van der Waals surface area contributed by atoms with Crippen LogP contribution in [0.25, 0.3) is 0 Å². The van der Waals surface area contributed by atoms with Crippen molar-refractivity contribution in [3.63, 3.8) is 0 Å². The van der Waals surface area contributed by atoms with E-state index in [1.54, 1.807) is 20.4 Å². The molecule has 0 aliphatic heterocycles. The molecule has 3 N–H and O–H groups in total. The van der Waals surface area contributed by atoms with E-state index >= 15 is 0 Å². The number of aliphatic imine (C=N–C) groups is 1. The molecular weight excluding hydrogens is 330 g/mol. The highest BCUT2D eigenvalue weighted by molar-refractivity contribution is 5.90. The number of nitrogens with one attached hydrogen (secondary N) is 3. The van der Waals surface area contributed by atoms with Crippen molar-refractivity contribution in [2.75, 3.05) is 26.0 Å². The summed E-state index contributed by atoms with van der Waals surface area (Å²) in [5.41, 5.74) is 2.69. The third-order valence-electron chi connectivity index (χ3n) is 3.66. The molecule has 7 nitrogen and oxygen atoms in total. The van der Waals surface area contributed by atoms with E-state index in [2.05, 4.69) is 25.9 Å². The van der Waals surface area contributed by atoms with Crippen molar-refractivity contribution >= 4 is 17.6 Å². The van der Waals surface area contributed by atoms with Gasteiger partial charge in [-0.3, -0.25) is 14.8 Å². The number of hydrogen-bond donors (Lipinski definition) is 3. The van der Waals surface area contributed by atoms with Gasteiger partial charge in [0, 0.05) is 45.4 Å². The average molecular weight is 355 g/mol. The van der Waals surface area contributed by atoms with Gasteiger partial charge in [0.15, 0.2) is 5.96 Å². The Bertz CT molecular complexity index is 747. The number of anilines is 1. The summed E-state index contributed by atoms with van der Waals surface area (Å²) in [4.78, 5) is 19.8. The first-order valence-corrected chi connectivity index (χ1v) is 8.41. The molecule has 0 aliphatic carbocycles. The number of rotatable bonds is 7. The molecule has 26 heavy (non-hydrogen) atoms. The predicted molar refractivity (Wildman–Crippen MR) is 103 cm³/mol. The molecule has 1 heterocycles. The molecule has 0 fully saturated rings. The van der Waals surface area contributed by atoms with Crippen LogP contribution in [0.3, 0.4) is 0 Å². The molecule has 1 aromatic heterocycles. The lowest BCUT2D eigenvalue weighted by atomic mass is 10.2. The van der Waals surface area contributed by atoms with Gasteiger partial charge < -0.3 is 20.7 Å². The molecule has 0 bridgehead atoms. The Kier molecular flexibility index (Phi) is 7.42. The van der Waals surface area contributed by atoms with Crippen molar-refractivity contribution in [2.45, 2.75) is 19.9 Å². The SMILES string of the molecule is CN=C(NCCc1ccccn1)NCc1ccc(OC)c(NC(C)=O)c1. The molecule has 2 aromatic rings. The van der Waals surface area contributed by atoms with Gasteiger partial charge in [-0.2, -0.15) is 0 Å². The summed E-state index contributed by atoms with van der Waals surface area (Å²) < 4.78 is 5.27. The molecule has 0 unspecified atom stereocenters. The third kappa shape index (κ3) is 6.08. The van der Waals surface area contributed by atoms with Crippen molar-refractivity contribution < 1.29 is 9.53 Å². The molecule has 0 radical (unpaired) electrons. The van der Waals surface area contributed by atoms with Gasteiger partial charge in [0.2, 0.25) is 5.91 Å². The molecule has 2 rings (SSSR count). The minimum atomic E-state index is -0.139. The van der Waals surface area contributed by atoms with Crippen LogP contribution in [0.4, 0.5) is 5.69 Å². The third-order valence-corrected chi connectivity index (χ3v) is 3.66. The van der Waals surface area contributed by atoms with Gasteiger partial charge >= 0.3 is 0 Å². The largest absolute Gasteiger partial charge is 0.495 e. The molecule has 138 valence electrons. The molecule has 1 amide bonds. The Hall–Kier alpha value is -3.09.